The molecule has 0 aliphatic rings. The molecule has 1 aromatic rings. The van der Waals surface area contributed by atoms with Gasteiger partial charge in [0.25, 0.3) is 0 Å². The van der Waals surface area contributed by atoms with Gasteiger partial charge in [-0.1, -0.05) is 13.3 Å². The summed E-state index contributed by atoms with van der Waals surface area (Å²) in [6.07, 6.45) is 5.03. The molecule has 1 atom stereocenters. The fourth-order valence-electron chi connectivity index (χ4n) is 1.38. The van der Waals surface area contributed by atoms with Gasteiger partial charge in [-0.25, -0.2) is 4.98 Å². The number of carbonyl (C=O) groups is 1. The maximum Gasteiger partial charge on any atom is 0.320 e. The molecule has 0 aliphatic heterocycles. The first-order valence-electron chi connectivity index (χ1n) is 5.07. The van der Waals surface area contributed by atoms with Crippen LogP contribution in [0.5, 0.6) is 0 Å². The lowest BCUT2D eigenvalue weighted by Crippen LogP contribution is -2.36. The summed E-state index contributed by atoms with van der Waals surface area (Å²) < 4.78 is 1.87. The Morgan fingerprint density at radius 2 is 2.47 bits per heavy atom. The Balaban J connectivity index is 2.47. The molecule has 1 rings (SSSR count). The monoisotopic (exact) mass is 211 g/mol. The van der Waals surface area contributed by atoms with Crippen LogP contribution in [0.25, 0.3) is 0 Å². The Bertz CT molecular complexity index is 322. The third-order valence-electron chi connectivity index (χ3n) is 2.30. The van der Waals surface area contributed by atoms with Gasteiger partial charge in [-0.2, -0.15) is 0 Å². The summed E-state index contributed by atoms with van der Waals surface area (Å²) in [4.78, 5) is 15.0. The number of nitrogens with zero attached hydrogens (tertiary/aromatic N) is 2. The van der Waals surface area contributed by atoms with Gasteiger partial charge >= 0.3 is 5.97 Å². The Hall–Kier alpha value is -1.36. The van der Waals surface area contributed by atoms with Crippen LogP contribution in [0.2, 0.25) is 0 Å². The van der Waals surface area contributed by atoms with E-state index in [1.54, 1.807) is 6.20 Å². The highest BCUT2D eigenvalue weighted by molar-refractivity contribution is 5.73. The van der Waals surface area contributed by atoms with Crippen molar-refractivity contribution in [3.8, 4) is 0 Å². The summed E-state index contributed by atoms with van der Waals surface area (Å²) in [6, 6.07) is -0.480. The zero-order valence-corrected chi connectivity index (χ0v) is 9.10. The summed E-state index contributed by atoms with van der Waals surface area (Å²) in [5.74, 6) is 0.0448. The highest BCUT2D eigenvalue weighted by Gasteiger charge is 2.15. The van der Waals surface area contributed by atoms with Crippen molar-refractivity contribution in [1.82, 2.24) is 14.9 Å². The van der Waals surface area contributed by atoms with Gasteiger partial charge in [0, 0.05) is 19.4 Å². The molecule has 0 saturated carbocycles. The van der Waals surface area contributed by atoms with E-state index in [1.165, 1.54) is 0 Å². The van der Waals surface area contributed by atoms with Gasteiger partial charge in [-0.15, -0.1) is 0 Å². The maximum absolute atomic E-state index is 10.8. The van der Waals surface area contributed by atoms with E-state index >= 15 is 0 Å². The van der Waals surface area contributed by atoms with Crippen molar-refractivity contribution < 1.29 is 9.90 Å². The molecule has 0 spiro atoms. The number of rotatable bonds is 6. The van der Waals surface area contributed by atoms with Crippen LogP contribution in [0.4, 0.5) is 0 Å². The molecule has 84 valence electrons. The summed E-state index contributed by atoms with van der Waals surface area (Å²) in [5.41, 5.74) is 0. The quantitative estimate of drug-likeness (QED) is 0.729. The Kier molecular flexibility index (Phi) is 4.30. The number of aliphatic carboxylic acids is 1. The highest BCUT2D eigenvalue weighted by Crippen LogP contribution is 1.99. The van der Waals surface area contributed by atoms with E-state index in [9.17, 15) is 4.79 Å². The third kappa shape index (κ3) is 3.36. The number of carboxylic acids is 1. The van der Waals surface area contributed by atoms with Gasteiger partial charge < -0.3 is 9.67 Å². The average Bonchev–Trinajstić information content (AvgIpc) is 2.58. The predicted octanol–water partition coefficient (Wildman–Crippen LogP) is 0.763. The Morgan fingerprint density at radius 1 is 1.73 bits per heavy atom. The summed E-state index contributed by atoms with van der Waals surface area (Å²) in [6.45, 7) is 2.46. The van der Waals surface area contributed by atoms with Crippen molar-refractivity contribution >= 4 is 5.97 Å². The molecular weight excluding hydrogens is 194 g/mol. The number of hydrogen-bond acceptors (Lipinski definition) is 3. The first-order chi connectivity index (χ1) is 7.15. The zero-order chi connectivity index (χ0) is 11.3. The van der Waals surface area contributed by atoms with Crippen molar-refractivity contribution in [3.05, 3.63) is 18.2 Å². The average molecular weight is 211 g/mol. The Morgan fingerprint density at radius 3 is 2.93 bits per heavy atom. The van der Waals surface area contributed by atoms with E-state index in [2.05, 4.69) is 10.3 Å². The number of aryl methyl sites for hydroxylation is 1. The Labute approximate surface area is 89.1 Å². The summed E-state index contributed by atoms with van der Waals surface area (Å²) in [5, 5.41) is 11.9. The second-order valence-electron chi connectivity index (χ2n) is 3.51. The molecule has 0 amide bonds. The molecule has 5 heteroatoms. The van der Waals surface area contributed by atoms with Crippen LogP contribution >= 0.6 is 0 Å². The van der Waals surface area contributed by atoms with E-state index in [-0.39, 0.29) is 0 Å². The van der Waals surface area contributed by atoms with E-state index in [4.69, 9.17) is 5.11 Å². The van der Waals surface area contributed by atoms with E-state index in [0.29, 0.717) is 13.0 Å². The zero-order valence-electron chi connectivity index (χ0n) is 9.10. The fraction of sp³-hybridized carbons (Fsp3) is 0.600. The van der Waals surface area contributed by atoms with E-state index in [1.807, 2.05) is 24.7 Å². The molecule has 5 nitrogen and oxygen atoms in total. The molecule has 15 heavy (non-hydrogen) atoms. The van der Waals surface area contributed by atoms with Crippen LogP contribution in [0.15, 0.2) is 12.4 Å². The molecular formula is C10H17N3O2. The second-order valence-corrected chi connectivity index (χ2v) is 3.51. The molecule has 0 bridgehead atoms. The van der Waals surface area contributed by atoms with Crippen LogP contribution in [-0.2, 0) is 18.4 Å². The van der Waals surface area contributed by atoms with Crippen molar-refractivity contribution in [2.45, 2.75) is 32.4 Å². The van der Waals surface area contributed by atoms with Crippen LogP contribution in [0.1, 0.15) is 25.6 Å². The first kappa shape index (κ1) is 11.7. The van der Waals surface area contributed by atoms with Crippen LogP contribution in [-0.4, -0.2) is 26.7 Å². The van der Waals surface area contributed by atoms with Gasteiger partial charge in [-0.05, 0) is 6.42 Å². The fourth-order valence-corrected chi connectivity index (χ4v) is 1.38. The van der Waals surface area contributed by atoms with Crippen molar-refractivity contribution in [3.63, 3.8) is 0 Å². The van der Waals surface area contributed by atoms with Crippen LogP contribution in [0, 0.1) is 0 Å². The molecule has 0 radical (unpaired) electrons. The minimum Gasteiger partial charge on any atom is -0.480 e. The summed E-state index contributed by atoms with van der Waals surface area (Å²) in [7, 11) is 1.89. The first-order valence-corrected chi connectivity index (χ1v) is 5.07. The molecule has 1 unspecified atom stereocenters. The van der Waals surface area contributed by atoms with Crippen LogP contribution in [0.3, 0.4) is 0 Å². The normalized spacial score (nSPS) is 12.7. The highest BCUT2D eigenvalue weighted by atomic mass is 16.4. The number of aromatic nitrogens is 2. The lowest BCUT2D eigenvalue weighted by molar-refractivity contribution is -0.139. The molecule has 0 fully saturated rings. The second kappa shape index (κ2) is 5.50. The van der Waals surface area contributed by atoms with Gasteiger partial charge in [0.15, 0.2) is 0 Å². The smallest absolute Gasteiger partial charge is 0.320 e. The lowest BCUT2D eigenvalue weighted by Gasteiger charge is -2.12. The minimum atomic E-state index is -0.800. The molecule has 1 aromatic heterocycles. The van der Waals surface area contributed by atoms with E-state index < -0.39 is 12.0 Å². The number of hydrogen-bond donors (Lipinski definition) is 2. The lowest BCUT2D eigenvalue weighted by atomic mass is 10.2. The standard InChI is InChI=1S/C10H17N3O2/c1-3-4-8(10(14)15)12-7-9-11-5-6-13(9)2/h5-6,8,12H,3-4,7H2,1-2H3,(H,14,15). The molecule has 0 aliphatic carbocycles. The third-order valence-corrected chi connectivity index (χ3v) is 2.30. The van der Waals surface area contributed by atoms with Gasteiger partial charge in [0.05, 0.1) is 6.54 Å². The van der Waals surface area contributed by atoms with Crippen molar-refractivity contribution in [2.75, 3.05) is 0 Å². The SMILES string of the molecule is CCCC(NCc1nccn1C)C(=O)O. The number of carboxylic acid groups (broad SMARTS) is 1. The van der Waals surface area contributed by atoms with Crippen LogP contribution < -0.4 is 5.32 Å². The summed E-state index contributed by atoms with van der Waals surface area (Å²) >= 11 is 0. The molecule has 0 aromatic carbocycles. The molecule has 1 heterocycles. The number of imidazole rings is 1. The largest absolute Gasteiger partial charge is 0.480 e. The minimum absolute atomic E-state index is 0.480. The predicted molar refractivity (Wildman–Crippen MR) is 56.4 cm³/mol. The van der Waals surface area contributed by atoms with Gasteiger partial charge in [0.1, 0.15) is 11.9 Å². The van der Waals surface area contributed by atoms with Crippen molar-refractivity contribution in [1.29, 1.82) is 0 Å². The molecule has 0 saturated heterocycles. The topological polar surface area (TPSA) is 67.2 Å². The van der Waals surface area contributed by atoms with Gasteiger partial charge in [0.2, 0.25) is 0 Å². The maximum atomic E-state index is 10.8. The number of nitrogens with one attached hydrogen (secondary N) is 1. The van der Waals surface area contributed by atoms with Crippen molar-refractivity contribution in [2.24, 2.45) is 7.05 Å². The van der Waals surface area contributed by atoms with Gasteiger partial charge in [-0.3, -0.25) is 10.1 Å². The molecule has 2 N–H and O–H groups in total. The van der Waals surface area contributed by atoms with E-state index in [0.717, 1.165) is 12.2 Å².